The van der Waals surface area contributed by atoms with Crippen molar-refractivity contribution in [1.82, 2.24) is 10.3 Å². The molecule has 2 aromatic rings. The number of nitrogens with zero attached hydrogens (tertiary/aromatic N) is 1. The minimum Gasteiger partial charge on any atom is -0.398 e. The van der Waals surface area contributed by atoms with E-state index in [4.69, 9.17) is 10.8 Å². The molecule has 5 nitrogen and oxygen atoms in total. The third kappa shape index (κ3) is 2.41. The molecule has 0 unspecified atom stereocenters. The Hall–Kier alpha value is -2.14. The number of nitrogens with two attached hydrogens (primary N) is 1. The van der Waals surface area contributed by atoms with E-state index in [0.29, 0.717) is 11.2 Å². The molecular formula is C13H15N3O2. The number of fused-ring (bicyclic) bond motifs is 1. The lowest BCUT2D eigenvalue weighted by atomic mass is 10.1. The summed E-state index contributed by atoms with van der Waals surface area (Å²) in [5, 5.41) is 12.4. The van der Waals surface area contributed by atoms with E-state index in [9.17, 15) is 4.79 Å². The highest BCUT2D eigenvalue weighted by atomic mass is 16.3. The fourth-order valence-corrected chi connectivity index (χ4v) is 1.66. The molecule has 18 heavy (non-hydrogen) atoms. The van der Waals surface area contributed by atoms with Crippen molar-refractivity contribution in [2.75, 3.05) is 12.3 Å². The number of carbonyl (C=O) groups excluding carboxylic acids is 1. The second-order valence-electron chi connectivity index (χ2n) is 4.17. The quantitative estimate of drug-likeness (QED) is 0.750. The highest BCUT2D eigenvalue weighted by molar-refractivity contribution is 5.99. The minimum atomic E-state index is -0.339. The van der Waals surface area contributed by atoms with Gasteiger partial charge in [-0.1, -0.05) is 18.2 Å². The fourth-order valence-electron chi connectivity index (χ4n) is 1.66. The number of amides is 1. The zero-order valence-corrected chi connectivity index (χ0v) is 10.1. The van der Waals surface area contributed by atoms with Crippen LogP contribution in [0.2, 0.25) is 0 Å². The summed E-state index contributed by atoms with van der Waals surface area (Å²) in [6.45, 7) is 1.59. The van der Waals surface area contributed by atoms with Gasteiger partial charge in [-0.2, -0.15) is 0 Å². The smallest absolute Gasteiger partial charge is 0.270 e. The summed E-state index contributed by atoms with van der Waals surface area (Å²) in [6, 6.07) is 8.60. The maximum absolute atomic E-state index is 11.9. The number of para-hydroxylation sites is 1. The van der Waals surface area contributed by atoms with Crippen LogP contribution < -0.4 is 11.1 Å². The summed E-state index contributed by atoms with van der Waals surface area (Å²) in [7, 11) is 0. The maximum atomic E-state index is 11.9. The lowest BCUT2D eigenvalue weighted by molar-refractivity contribution is 0.0917. The number of benzene rings is 1. The van der Waals surface area contributed by atoms with Gasteiger partial charge in [-0.3, -0.25) is 4.79 Å². The summed E-state index contributed by atoms with van der Waals surface area (Å²) in [5.74, 6) is -0.339. The van der Waals surface area contributed by atoms with E-state index in [-0.39, 0.29) is 24.2 Å². The van der Waals surface area contributed by atoms with Crippen LogP contribution in [0.15, 0.2) is 30.3 Å². The summed E-state index contributed by atoms with van der Waals surface area (Å²) in [4.78, 5) is 16.1. The van der Waals surface area contributed by atoms with Gasteiger partial charge >= 0.3 is 0 Å². The van der Waals surface area contributed by atoms with Gasteiger partial charge in [0.25, 0.3) is 5.91 Å². The number of nitrogen functional groups attached to an aromatic ring is 1. The molecule has 0 aliphatic carbocycles. The van der Waals surface area contributed by atoms with E-state index < -0.39 is 0 Å². The van der Waals surface area contributed by atoms with Crippen LogP contribution in [0.1, 0.15) is 17.4 Å². The third-order valence-corrected chi connectivity index (χ3v) is 2.63. The van der Waals surface area contributed by atoms with E-state index in [1.807, 2.05) is 18.2 Å². The Balaban J connectivity index is 2.37. The van der Waals surface area contributed by atoms with Gasteiger partial charge < -0.3 is 16.2 Å². The van der Waals surface area contributed by atoms with Crippen LogP contribution in [-0.4, -0.2) is 28.6 Å². The predicted octanol–water partition coefficient (Wildman–Crippen LogP) is 0.928. The number of anilines is 1. The highest BCUT2D eigenvalue weighted by Gasteiger charge is 2.12. The molecule has 0 radical (unpaired) electrons. The van der Waals surface area contributed by atoms with Crippen LogP contribution in [-0.2, 0) is 0 Å². The van der Waals surface area contributed by atoms with Crippen LogP contribution in [0.3, 0.4) is 0 Å². The van der Waals surface area contributed by atoms with Crippen molar-refractivity contribution in [2.24, 2.45) is 0 Å². The molecule has 94 valence electrons. The Kier molecular flexibility index (Phi) is 3.43. The van der Waals surface area contributed by atoms with Crippen LogP contribution in [0, 0.1) is 0 Å². The van der Waals surface area contributed by atoms with Crippen molar-refractivity contribution >= 4 is 22.5 Å². The first kappa shape index (κ1) is 12.3. The Bertz CT molecular complexity index is 583. The number of pyridine rings is 1. The normalized spacial score (nSPS) is 12.3. The molecule has 0 spiro atoms. The van der Waals surface area contributed by atoms with E-state index in [2.05, 4.69) is 10.3 Å². The van der Waals surface area contributed by atoms with Crippen molar-refractivity contribution in [3.05, 3.63) is 36.0 Å². The molecule has 1 heterocycles. The van der Waals surface area contributed by atoms with Gasteiger partial charge in [-0.05, 0) is 19.1 Å². The lowest BCUT2D eigenvalue weighted by Crippen LogP contribution is -2.35. The number of aromatic nitrogens is 1. The molecule has 0 aliphatic rings. The number of carbonyl (C=O) groups is 1. The van der Waals surface area contributed by atoms with E-state index >= 15 is 0 Å². The summed E-state index contributed by atoms with van der Waals surface area (Å²) >= 11 is 0. The first-order valence-electron chi connectivity index (χ1n) is 5.69. The van der Waals surface area contributed by atoms with E-state index in [1.165, 1.54) is 0 Å². The average Bonchev–Trinajstić information content (AvgIpc) is 2.38. The van der Waals surface area contributed by atoms with Crippen molar-refractivity contribution < 1.29 is 9.90 Å². The van der Waals surface area contributed by atoms with Gasteiger partial charge in [-0.25, -0.2) is 4.98 Å². The average molecular weight is 245 g/mol. The van der Waals surface area contributed by atoms with Crippen molar-refractivity contribution in [3.63, 3.8) is 0 Å². The number of aliphatic hydroxyl groups is 1. The molecule has 0 fully saturated rings. The maximum Gasteiger partial charge on any atom is 0.270 e. The van der Waals surface area contributed by atoms with Gasteiger partial charge in [0.2, 0.25) is 0 Å². The fraction of sp³-hybridized carbons (Fsp3) is 0.231. The number of aliphatic hydroxyl groups excluding tert-OH is 1. The first-order chi connectivity index (χ1) is 8.61. The van der Waals surface area contributed by atoms with Gasteiger partial charge in [-0.15, -0.1) is 0 Å². The Morgan fingerprint density at radius 1 is 1.50 bits per heavy atom. The highest BCUT2D eigenvalue weighted by Crippen LogP contribution is 2.19. The van der Waals surface area contributed by atoms with Crippen LogP contribution in [0.5, 0.6) is 0 Å². The summed E-state index contributed by atoms with van der Waals surface area (Å²) < 4.78 is 0. The topological polar surface area (TPSA) is 88.2 Å². The van der Waals surface area contributed by atoms with Crippen molar-refractivity contribution in [3.8, 4) is 0 Å². The second kappa shape index (κ2) is 5.01. The van der Waals surface area contributed by atoms with Crippen LogP contribution in [0.4, 0.5) is 5.69 Å². The van der Waals surface area contributed by atoms with Crippen LogP contribution >= 0.6 is 0 Å². The standard InChI is InChI=1S/C13H15N3O2/c1-8(7-17)15-13(18)12-6-10(14)9-4-2-3-5-11(9)16-12/h2-6,8,17H,7H2,1H3,(H2,14,16)(H,15,18)/t8-/m1/s1. The van der Waals surface area contributed by atoms with Gasteiger partial charge in [0.15, 0.2) is 0 Å². The first-order valence-corrected chi connectivity index (χ1v) is 5.69. The SMILES string of the molecule is C[C@H](CO)NC(=O)c1cc(N)c2ccccc2n1. The number of nitrogens with one attached hydrogen (secondary N) is 1. The number of hydrogen-bond acceptors (Lipinski definition) is 4. The molecule has 5 heteroatoms. The van der Waals surface area contributed by atoms with E-state index in [1.54, 1.807) is 19.1 Å². The largest absolute Gasteiger partial charge is 0.398 e. The summed E-state index contributed by atoms with van der Waals surface area (Å²) in [6.07, 6.45) is 0. The molecule has 1 aromatic heterocycles. The zero-order chi connectivity index (χ0) is 13.1. The monoisotopic (exact) mass is 245 g/mol. The minimum absolute atomic E-state index is 0.116. The molecule has 0 saturated carbocycles. The van der Waals surface area contributed by atoms with Crippen molar-refractivity contribution in [2.45, 2.75) is 13.0 Å². The molecule has 0 aliphatic heterocycles. The molecule has 1 aromatic carbocycles. The van der Waals surface area contributed by atoms with Gasteiger partial charge in [0.1, 0.15) is 5.69 Å². The Morgan fingerprint density at radius 2 is 2.22 bits per heavy atom. The Morgan fingerprint density at radius 3 is 2.94 bits per heavy atom. The molecule has 2 rings (SSSR count). The number of hydrogen-bond donors (Lipinski definition) is 3. The number of rotatable bonds is 3. The molecule has 4 N–H and O–H groups in total. The Labute approximate surface area is 105 Å². The van der Waals surface area contributed by atoms with Crippen LogP contribution in [0.25, 0.3) is 10.9 Å². The molecule has 1 atom stereocenters. The van der Waals surface area contributed by atoms with Gasteiger partial charge in [0, 0.05) is 17.1 Å². The molecular weight excluding hydrogens is 230 g/mol. The zero-order valence-electron chi connectivity index (χ0n) is 10.1. The molecule has 1 amide bonds. The summed E-state index contributed by atoms with van der Waals surface area (Å²) in [5.41, 5.74) is 7.34. The predicted molar refractivity (Wildman–Crippen MR) is 70.2 cm³/mol. The second-order valence-corrected chi connectivity index (χ2v) is 4.17. The van der Waals surface area contributed by atoms with Crippen molar-refractivity contribution in [1.29, 1.82) is 0 Å². The van der Waals surface area contributed by atoms with E-state index in [0.717, 1.165) is 5.39 Å². The van der Waals surface area contributed by atoms with Gasteiger partial charge in [0.05, 0.1) is 12.1 Å². The lowest BCUT2D eigenvalue weighted by Gasteiger charge is -2.11. The molecule has 0 bridgehead atoms. The third-order valence-electron chi connectivity index (χ3n) is 2.63. The molecule has 0 saturated heterocycles.